The molecular weight excluding hydrogens is 420 g/mol. The van der Waals surface area contributed by atoms with Gasteiger partial charge in [0, 0.05) is 4.88 Å². The third-order valence-corrected chi connectivity index (χ3v) is 5.19. The molecule has 31 heavy (non-hydrogen) atoms. The third-order valence-electron chi connectivity index (χ3n) is 4.32. The zero-order valence-corrected chi connectivity index (χ0v) is 17.3. The number of hydrogen-bond donors (Lipinski definition) is 1. The molecule has 0 fully saturated rings. The van der Waals surface area contributed by atoms with Crippen molar-refractivity contribution in [2.75, 3.05) is 13.9 Å². The van der Waals surface area contributed by atoms with E-state index >= 15 is 0 Å². The molecule has 0 radical (unpaired) electrons. The molecule has 0 saturated carbocycles. The van der Waals surface area contributed by atoms with E-state index in [1.807, 2.05) is 17.5 Å². The summed E-state index contributed by atoms with van der Waals surface area (Å²) in [5.74, 6) is 0.917. The van der Waals surface area contributed by atoms with Crippen molar-refractivity contribution in [3.05, 3.63) is 69.9 Å². The monoisotopic (exact) mass is 438 g/mol. The summed E-state index contributed by atoms with van der Waals surface area (Å²) in [4.78, 5) is 25.3. The maximum absolute atomic E-state index is 12.5. The van der Waals surface area contributed by atoms with E-state index in [2.05, 4.69) is 10.5 Å². The van der Waals surface area contributed by atoms with Crippen molar-refractivity contribution >= 4 is 29.4 Å². The molecule has 1 aromatic heterocycles. The highest BCUT2D eigenvalue weighted by molar-refractivity contribution is 7.10. The van der Waals surface area contributed by atoms with Crippen LogP contribution in [0.15, 0.2) is 59.0 Å². The zero-order chi connectivity index (χ0) is 21.6. The van der Waals surface area contributed by atoms with Crippen LogP contribution in [-0.2, 0) is 11.2 Å². The van der Waals surface area contributed by atoms with Gasteiger partial charge < -0.3 is 18.9 Å². The van der Waals surface area contributed by atoms with E-state index in [4.69, 9.17) is 18.9 Å². The lowest BCUT2D eigenvalue weighted by atomic mass is 10.2. The summed E-state index contributed by atoms with van der Waals surface area (Å²) in [5, 5.41) is 5.88. The highest BCUT2D eigenvalue weighted by atomic mass is 32.1. The summed E-state index contributed by atoms with van der Waals surface area (Å²) in [7, 11) is 1.47. The molecule has 4 rings (SSSR count). The Balaban J connectivity index is 1.39. The Kier molecular flexibility index (Phi) is 6.13. The quantitative estimate of drug-likeness (QED) is 0.263. The molecule has 0 aliphatic carbocycles. The van der Waals surface area contributed by atoms with Gasteiger partial charge in [0.25, 0.3) is 0 Å². The van der Waals surface area contributed by atoms with Gasteiger partial charge >= 0.3 is 5.97 Å². The van der Waals surface area contributed by atoms with Crippen molar-refractivity contribution in [3.8, 4) is 23.0 Å². The molecule has 158 valence electrons. The maximum atomic E-state index is 12.5. The van der Waals surface area contributed by atoms with Crippen molar-refractivity contribution in [1.29, 1.82) is 0 Å². The molecule has 0 unspecified atom stereocenters. The second-order valence-corrected chi connectivity index (χ2v) is 7.45. The van der Waals surface area contributed by atoms with Crippen LogP contribution >= 0.6 is 11.3 Å². The van der Waals surface area contributed by atoms with E-state index in [0.29, 0.717) is 28.4 Å². The molecule has 2 heterocycles. The number of hydrogen-bond acceptors (Lipinski definition) is 8. The van der Waals surface area contributed by atoms with E-state index in [9.17, 15) is 9.59 Å². The Morgan fingerprint density at radius 2 is 2.00 bits per heavy atom. The number of fused-ring (bicyclic) bond motifs is 1. The summed E-state index contributed by atoms with van der Waals surface area (Å²) >= 11 is 1.51. The highest BCUT2D eigenvalue weighted by Gasteiger charge is 2.18. The van der Waals surface area contributed by atoms with E-state index in [1.54, 1.807) is 36.4 Å². The summed E-state index contributed by atoms with van der Waals surface area (Å²) in [6.45, 7) is 0.124. The zero-order valence-electron chi connectivity index (χ0n) is 16.5. The average molecular weight is 438 g/mol. The number of nitrogens with zero attached hydrogens (tertiary/aromatic N) is 1. The SMILES string of the molecule is COc1cc(/C=N/NC(=O)Cc2cccs2)ccc1OC(=O)c1ccc2c(c1)OCO2. The van der Waals surface area contributed by atoms with Crippen molar-refractivity contribution in [3.63, 3.8) is 0 Å². The van der Waals surface area contributed by atoms with Gasteiger partial charge in [-0.25, -0.2) is 10.2 Å². The van der Waals surface area contributed by atoms with Crippen LogP contribution in [-0.4, -0.2) is 32.0 Å². The Hall–Kier alpha value is -3.85. The van der Waals surface area contributed by atoms with Crippen LogP contribution in [0.3, 0.4) is 0 Å². The number of benzene rings is 2. The number of carbonyl (C=O) groups is 2. The maximum Gasteiger partial charge on any atom is 0.343 e. The van der Waals surface area contributed by atoms with Crippen LogP contribution in [0, 0.1) is 0 Å². The first-order valence-electron chi connectivity index (χ1n) is 9.26. The van der Waals surface area contributed by atoms with E-state index in [0.717, 1.165) is 4.88 Å². The summed E-state index contributed by atoms with van der Waals surface area (Å²) in [6, 6.07) is 13.5. The number of rotatable bonds is 7. The largest absolute Gasteiger partial charge is 0.493 e. The lowest BCUT2D eigenvalue weighted by Gasteiger charge is -2.10. The molecule has 1 aliphatic heterocycles. The van der Waals surface area contributed by atoms with Crippen LogP contribution in [0.2, 0.25) is 0 Å². The van der Waals surface area contributed by atoms with Crippen LogP contribution < -0.4 is 24.4 Å². The Labute approximate surface area is 182 Å². The summed E-state index contributed by atoms with van der Waals surface area (Å²) < 4.78 is 21.3. The minimum absolute atomic E-state index is 0.124. The fourth-order valence-corrected chi connectivity index (χ4v) is 3.52. The van der Waals surface area contributed by atoms with Gasteiger partial charge in [0.2, 0.25) is 12.7 Å². The van der Waals surface area contributed by atoms with Gasteiger partial charge in [-0.3, -0.25) is 4.79 Å². The Morgan fingerprint density at radius 3 is 2.81 bits per heavy atom. The van der Waals surface area contributed by atoms with Crippen LogP contribution in [0.25, 0.3) is 0 Å². The average Bonchev–Trinajstić information content (AvgIpc) is 3.45. The summed E-state index contributed by atoms with van der Waals surface area (Å²) in [5.41, 5.74) is 3.47. The number of amides is 1. The molecule has 9 heteroatoms. The molecule has 2 aromatic carbocycles. The first-order valence-corrected chi connectivity index (χ1v) is 10.1. The molecule has 0 saturated heterocycles. The van der Waals surface area contributed by atoms with E-state index in [-0.39, 0.29) is 24.9 Å². The van der Waals surface area contributed by atoms with E-state index in [1.165, 1.54) is 24.7 Å². The molecule has 0 bridgehead atoms. The second-order valence-electron chi connectivity index (χ2n) is 6.42. The van der Waals surface area contributed by atoms with Gasteiger partial charge in [-0.15, -0.1) is 11.3 Å². The number of hydrazone groups is 1. The van der Waals surface area contributed by atoms with Gasteiger partial charge in [-0.1, -0.05) is 6.07 Å². The van der Waals surface area contributed by atoms with Crippen LogP contribution in [0.5, 0.6) is 23.0 Å². The van der Waals surface area contributed by atoms with Gasteiger partial charge in [0.05, 0.1) is 25.3 Å². The molecule has 1 aliphatic rings. The fourth-order valence-electron chi connectivity index (χ4n) is 2.82. The van der Waals surface area contributed by atoms with Crippen LogP contribution in [0.1, 0.15) is 20.8 Å². The van der Waals surface area contributed by atoms with Gasteiger partial charge in [0.15, 0.2) is 23.0 Å². The smallest absolute Gasteiger partial charge is 0.343 e. The Morgan fingerprint density at radius 1 is 1.13 bits per heavy atom. The van der Waals surface area contributed by atoms with Gasteiger partial charge in [-0.2, -0.15) is 5.10 Å². The summed E-state index contributed by atoms with van der Waals surface area (Å²) in [6.07, 6.45) is 1.76. The molecule has 0 atom stereocenters. The van der Waals surface area contributed by atoms with Gasteiger partial charge in [0.1, 0.15) is 0 Å². The number of thiophene rings is 1. The minimum Gasteiger partial charge on any atom is -0.493 e. The molecule has 1 N–H and O–H groups in total. The lowest BCUT2D eigenvalue weighted by molar-refractivity contribution is -0.120. The topological polar surface area (TPSA) is 95.5 Å². The number of nitrogens with one attached hydrogen (secondary N) is 1. The van der Waals surface area contributed by atoms with Gasteiger partial charge in [-0.05, 0) is 53.4 Å². The Bertz CT molecular complexity index is 1130. The molecule has 8 nitrogen and oxygen atoms in total. The first kappa shape index (κ1) is 20.4. The normalized spacial score (nSPS) is 12.0. The van der Waals surface area contributed by atoms with Crippen molar-refractivity contribution in [2.45, 2.75) is 6.42 Å². The van der Waals surface area contributed by atoms with Crippen LogP contribution in [0.4, 0.5) is 0 Å². The molecular formula is C22H18N2O6S. The van der Waals surface area contributed by atoms with Crippen molar-refractivity contribution in [1.82, 2.24) is 5.43 Å². The minimum atomic E-state index is -0.557. The molecule has 0 spiro atoms. The van der Waals surface area contributed by atoms with Crippen molar-refractivity contribution in [2.24, 2.45) is 5.10 Å². The second kappa shape index (κ2) is 9.31. The number of esters is 1. The van der Waals surface area contributed by atoms with Crippen molar-refractivity contribution < 1.29 is 28.5 Å². The number of ether oxygens (including phenoxy) is 4. The predicted octanol–water partition coefficient (Wildman–Crippen LogP) is 3.40. The number of methoxy groups -OCH3 is 1. The molecule has 3 aromatic rings. The standard InChI is InChI=1S/C22H18N2O6S/c1-27-19-9-14(12-23-24-21(25)11-16-3-2-8-31-16)4-6-18(19)30-22(26)15-5-7-17-20(10-15)29-13-28-17/h2-10,12H,11,13H2,1H3,(H,24,25)/b23-12+. The fraction of sp³-hybridized carbons (Fsp3) is 0.136. The highest BCUT2D eigenvalue weighted by Crippen LogP contribution is 2.33. The first-order chi connectivity index (χ1) is 15.1. The third kappa shape index (κ3) is 5.01. The lowest BCUT2D eigenvalue weighted by Crippen LogP contribution is -2.19. The predicted molar refractivity (Wildman–Crippen MR) is 114 cm³/mol. The van der Waals surface area contributed by atoms with E-state index < -0.39 is 5.97 Å². The number of carbonyl (C=O) groups excluding carboxylic acids is 2. The molecule has 1 amide bonds.